The van der Waals surface area contributed by atoms with Crippen LogP contribution < -0.4 is 19.9 Å². The van der Waals surface area contributed by atoms with Crippen LogP contribution in [0.2, 0.25) is 0 Å². The van der Waals surface area contributed by atoms with Crippen molar-refractivity contribution in [1.29, 1.82) is 0 Å². The Bertz CT molecular complexity index is 1470. The molecule has 3 heterocycles. The van der Waals surface area contributed by atoms with Gasteiger partial charge in [-0.3, -0.25) is 23.6 Å². The molecule has 1 aromatic heterocycles. The third-order valence-electron chi connectivity index (χ3n) is 7.48. The number of likely N-dealkylation sites (tertiary alicyclic amines) is 2. The van der Waals surface area contributed by atoms with Crippen LogP contribution in [-0.2, 0) is 23.2 Å². The number of fused-ring (bicyclic) bond motifs is 1. The fourth-order valence-electron chi connectivity index (χ4n) is 5.35. The fraction of sp³-hybridized carbons (Fsp3) is 0.429. The summed E-state index contributed by atoms with van der Waals surface area (Å²) in [6, 6.07) is 9.51. The highest BCUT2D eigenvalue weighted by atomic mass is 16.6. The summed E-state index contributed by atoms with van der Waals surface area (Å²) in [6.07, 6.45) is 2.66. The number of aromatic nitrogens is 2. The van der Waals surface area contributed by atoms with Gasteiger partial charge in [-0.05, 0) is 55.5 Å². The number of aryl methyl sites for hydroxylation is 1. The van der Waals surface area contributed by atoms with Crippen molar-refractivity contribution in [2.24, 2.45) is 7.05 Å². The van der Waals surface area contributed by atoms with E-state index in [9.17, 15) is 19.2 Å². The van der Waals surface area contributed by atoms with Crippen LogP contribution in [0.1, 0.15) is 43.7 Å². The molecule has 2 saturated heterocycles. The van der Waals surface area contributed by atoms with Gasteiger partial charge in [0.05, 0.1) is 26.3 Å². The Balaban J connectivity index is 1.51. The molecule has 39 heavy (non-hydrogen) atoms. The zero-order valence-electron chi connectivity index (χ0n) is 22.3. The maximum Gasteiger partial charge on any atom is 0.415 e. The van der Waals surface area contributed by atoms with Crippen LogP contribution in [0, 0.1) is 0 Å². The number of hydrogen-bond acceptors (Lipinski definition) is 7. The number of nitrogens with zero attached hydrogens (tertiary/aromatic N) is 4. The van der Waals surface area contributed by atoms with Gasteiger partial charge < -0.3 is 19.1 Å². The molecule has 2 aliphatic rings. The van der Waals surface area contributed by atoms with E-state index in [0.717, 1.165) is 24.8 Å². The van der Waals surface area contributed by atoms with E-state index < -0.39 is 23.7 Å². The maximum absolute atomic E-state index is 13.7. The monoisotopic (exact) mass is 536 g/mol. The molecule has 2 aliphatic heterocycles. The molecule has 0 spiro atoms. The first-order valence-electron chi connectivity index (χ1n) is 13.1. The number of carbonyl (C=O) groups excluding carboxylic acids is 3. The maximum atomic E-state index is 13.7. The summed E-state index contributed by atoms with van der Waals surface area (Å²) < 4.78 is 19.2. The van der Waals surface area contributed by atoms with Crippen LogP contribution in [0.3, 0.4) is 0 Å². The molecule has 206 valence electrons. The minimum Gasteiger partial charge on any atom is -0.497 e. The number of methoxy groups -OCH3 is 2. The van der Waals surface area contributed by atoms with Crippen molar-refractivity contribution in [3.63, 3.8) is 0 Å². The number of carbonyl (C=O) groups is 3. The molecule has 0 N–H and O–H groups in total. The average Bonchev–Trinajstić information content (AvgIpc) is 3.21. The third kappa shape index (κ3) is 4.84. The molecule has 0 radical (unpaired) electrons. The number of ether oxygens (including phenoxy) is 3. The van der Waals surface area contributed by atoms with Crippen LogP contribution in [0.15, 0.2) is 41.2 Å². The molecule has 0 aliphatic carbocycles. The van der Waals surface area contributed by atoms with E-state index in [1.165, 1.54) is 21.1 Å². The zero-order chi connectivity index (χ0) is 27.7. The topological polar surface area (TPSA) is 112 Å². The van der Waals surface area contributed by atoms with Gasteiger partial charge in [0.15, 0.2) is 11.5 Å². The van der Waals surface area contributed by atoms with Gasteiger partial charge in [-0.2, -0.15) is 0 Å². The van der Waals surface area contributed by atoms with Crippen molar-refractivity contribution in [3.05, 3.63) is 52.4 Å². The Morgan fingerprint density at radius 3 is 2.33 bits per heavy atom. The Morgan fingerprint density at radius 2 is 1.67 bits per heavy atom. The fourth-order valence-corrected chi connectivity index (χ4v) is 5.35. The lowest BCUT2D eigenvalue weighted by Crippen LogP contribution is -2.47. The number of amides is 3. The predicted octanol–water partition coefficient (Wildman–Crippen LogP) is 3.23. The molecule has 2 fully saturated rings. The number of imide groups is 1. The molecule has 1 atom stereocenters. The molecule has 1 unspecified atom stereocenters. The quantitative estimate of drug-likeness (QED) is 0.445. The zero-order valence-corrected chi connectivity index (χ0v) is 22.3. The molecule has 11 heteroatoms. The minimum atomic E-state index is -0.892. The van der Waals surface area contributed by atoms with E-state index >= 15 is 0 Å². The SMILES string of the molecule is COc1ccc(CN2C(=O)CCC(n3c(=O)n(C)c4c(OC(=O)N5CCCCC5)c(OC)ccc43)C2=O)cc1. The summed E-state index contributed by atoms with van der Waals surface area (Å²) in [5.41, 5.74) is 1.07. The summed E-state index contributed by atoms with van der Waals surface area (Å²) in [6.45, 7) is 1.29. The first kappa shape index (κ1) is 26.3. The van der Waals surface area contributed by atoms with Crippen molar-refractivity contribution < 1.29 is 28.6 Å². The standard InChI is InChI=1S/C28H32N4O7/c1-29-24-20(11-13-22(38-3)25(24)39-28(36)30-15-5-4-6-16-30)32(27(29)35)21-12-14-23(33)31(26(21)34)17-18-7-9-19(37-2)10-8-18/h7-11,13,21H,4-6,12,14-17H2,1-3H3. The average molecular weight is 537 g/mol. The molecular formula is C28H32N4O7. The van der Waals surface area contributed by atoms with Crippen molar-refractivity contribution in [1.82, 2.24) is 18.9 Å². The van der Waals surface area contributed by atoms with Gasteiger partial charge in [0.25, 0.3) is 5.91 Å². The molecular weight excluding hydrogens is 504 g/mol. The largest absolute Gasteiger partial charge is 0.497 e. The summed E-state index contributed by atoms with van der Waals surface area (Å²) in [5, 5.41) is 0. The normalized spacial score (nSPS) is 18.0. The number of hydrogen-bond donors (Lipinski definition) is 0. The van der Waals surface area contributed by atoms with Gasteiger partial charge in [-0.25, -0.2) is 9.59 Å². The van der Waals surface area contributed by atoms with E-state index in [1.54, 1.807) is 55.5 Å². The van der Waals surface area contributed by atoms with E-state index in [2.05, 4.69) is 0 Å². The van der Waals surface area contributed by atoms with E-state index in [4.69, 9.17) is 14.2 Å². The minimum absolute atomic E-state index is 0.0875. The Kier molecular flexibility index (Phi) is 7.32. The molecule has 3 amide bonds. The smallest absolute Gasteiger partial charge is 0.415 e. The van der Waals surface area contributed by atoms with E-state index in [1.807, 2.05) is 0 Å². The summed E-state index contributed by atoms with van der Waals surface area (Å²) >= 11 is 0. The second-order valence-electron chi connectivity index (χ2n) is 9.81. The Hall–Kier alpha value is -4.28. The number of rotatable bonds is 6. The van der Waals surface area contributed by atoms with Gasteiger partial charge in [0, 0.05) is 26.6 Å². The van der Waals surface area contributed by atoms with Crippen molar-refractivity contribution in [2.75, 3.05) is 27.3 Å². The van der Waals surface area contributed by atoms with Gasteiger partial charge in [0.2, 0.25) is 5.91 Å². The predicted molar refractivity (Wildman–Crippen MR) is 142 cm³/mol. The van der Waals surface area contributed by atoms with Crippen LogP contribution in [0.25, 0.3) is 11.0 Å². The second kappa shape index (κ2) is 10.8. The van der Waals surface area contributed by atoms with Crippen LogP contribution in [0.4, 0.5) is 4.79 Å². The van der Waals surface area contributed by atoms with Crippen molar-refractivity contribution >= 4 is 28.9 Å². The Morgan fingerprint density at radius 1 is 0.949 bits per heavy atom. The number of imidazole rings is 1. The Labute approximate surface area is 225 Å². The summed E-state index contributed by atoms with van der Waals surface area (Å²) in [5.74, 6) is 0.338. The third-order valence-corrected chi connectivity index (χ3v) is 7.48. The molecule has 11 nitrogen and oxygen atoms in total. The number of benzene rings is 2. The van der Waals surface area contributed by atoms with Crippen molar-refractivity contribution in [3.8, 4) is 17.2 Å². The molecule has 3 aromatic rings. The molecule has 5 rings (SSSR count). The van der Waals surface area contributed by atoms with Crippen LogP contribution in [0.5, 0.6) is 17.2 Å². The van der Waals surface area contributed by atoms with E-state index in [0.29, 0.717) is 35.6 Å². The van der Waals surface area contributed by atoms with E-state index in [-0.39, 0.29) is 31.0 Å². The first-order chi connectivity index (χ1) is 18.8. The molecule has 2 aromatic carbocycles. The second-order valence-corrected chi connectivity index (χ2v) is 9.81. The van der Waals surface area contributed by atoms with Crippen LogP contribution in [-0.4, -0.2) is 64.2 Å². The van der Waals surface area contributed by atoms with Crippen molar-refractivity contribution in [2.45, 2.75) is 44.7 Å². The summed E-state index contributed by atoms with van der Waals surface area (Å²) in [4.78, 5) is 55.8. The van der Waals surface area contributed by atoms with Gasteiger partial charge in [-0.15, -0.1) is 0 Å². The van der Waals surface area contributed by atoms with Gasteiger partial charge in [-0.1, -0.05) is 12.1 Å². The van der Waals surface area contributed by atoms with Gasteiger partial charge >= 0.3 is 11.8 Å². The lowest BCUT2D eigenvalue weighted by atomic mass is 10.0. The highest BCUT2D eigenvalue weighted by molar-refractivity contribution is 6.00. The lowest BCUT2D eigenvalue weighted by molar-refractivity contribution is -0.151. The summed E-state index contributed by atoms with van der Waals surface area (Å²) in [7, 11) is 4.59. The number of piperidine rings is 2. The first-order valence-corrected chi connectivity index (χ1v) is 13.1. The molecule has 0 saturated carbocycles. The highest BCUT2D eigenvalue weighted by Crippen LogP contribution is 2.38. The molecule has 0 bridgehead atoms. The van der Waals surface area contributed by atoms with Gasteiger partial charge in [0.1, 0.15) is 17.3 Å². The van der Waals surface area contributed by atoms with Crippen LogP contribution >= 0.6 is 0 Å². The highest BCUT2D eigenvalue weighted by Gasteiger charge is 2.38. The lowest BCUT2D eigenvalue weighted by Gasteiger charge is -2.31.